The molecule has 50 heavy (non-hydrogen) atoms. The molecule has 3 aromatic rings. The normalized spacial score (nSPS) is 21.2. The quantitative estimate of drug-likeness (QED) is 0.336. The minimum absolute atomic E-state index is 0.0169. The van der Waals surface area contributed by atoms with Gasteiger partial charge >= 0.3 is 12.0 Å². The highest BCUT2D eigenvalue weighted by Crippen LogP contribution is 2.35. The van der Waals surface area contributed by atoms with Gasteiger partial charge in [-0.25, -0.2) is 23.5 Å². The maximum atomic E-state index is 15.1. The first kappa shape index (κ1) is 35.0. The zero-order valence-corrected chi connectivity index (χ0v) is 28.9. The van der Waals surface area contributed by atoms with Crippen molar-refractivity contribution in [1.29, 1.82) is 5.26 Å². The Morgan fingerprint density at radius 1 is 1.10 bits per heavy atom. The predicted molar refractivity (Wildman–Crippen MR) is 181 cm³/mol. The number of anilines is 3. The SMILES string of the molecule is COc1nc(Nc2cc(-c3ccc(OC4CCN(C(=O)OC(C)(C)C)CC4(F)F)c(C#N)c3)ncn2)ccc1N1CCN(C2COC2)C[C@H]1C. The molecule has 3 aliphatic heterocycles. The van der Waals surface area contributed by atoms with Crippen molar-refractivity contribution >= 4 is 23.4 Å². The fourth-order valence-electron chi connectivity index (χ4n) is 6.28. The van der Waals surface area contributed by atoms with Gasteiger partial charge < -0.3 is 34.1 Å². The van der Waals surface area contributed by atoms with Crippen LogP contribution in [-0.2, 0) is 9.47 Å². The van der Waals surface area contributed by atoms with Crippen LogP contribution in [0.15, 0.2) is 42.7 Å². The number of alkyl halides is 2. The number of halogens is 2. The van der Waals surface area contributed by atoms with Crippen molar-refractivity contribution in [3.63, 3.8) is 0 Å². The summed E-state index contributed by atoms with van der Waals surface area (Å²) in [5.74, 6) is -1.87. The lowest BCUT2D eigenvalue weighted by Gasteiger charge is -2.46. The minimum atomic E-state index is -3.36. The summed E-state index contributed by atoms with van der Waals surface area (Å²) in [7, 11) is 1.60. The highest BCUT2D eigenvalue weighted by Gasteiger charge is 2.48. The summed E-state index contributed by atoms with van der Waals surface area (Å²) in [4.78, 5) is 31.5. The first-order valence-corrected chi connectivity index (χ1v) is 16.6. The minimum Gasteiger partial charge on any atom is -0.483 e. The molecule has 15 heteroatoms. The monoisotopic (exact) mass is 692 g/mol. The molecule has 3 aliphatic rings. The summed E-state index contributed by atoms with van der Waals surface area (Å²) in [6.07, 6.45) is -1.08. The number of aromatic nitrogens is 3. The number of ether oxygens (including phenoxy) is 4. The Labute approximate surface area is 290 Å². The Bertz CT molecular complexity index is 1740. The molecule has 2 atom stereocenters. The largest absolute Gasteiger partial charge is 0.483 e. The van der Waals surface area contributed by atoms with E-state index in [-0.39, 0.29) is 30.3 Å². The number of likely N-dealkylation sites (tertiary alicyclic amines) is 1. The van der Waals surface area contributed by atoms with Crippen LogP contribution in [0.4, 0.5) is 30.9 Å². The number of nitrogens with zero attached hydrogens (tertiary/aromatic N) is 7. The number of nitrogens with one attached hydrogen (secondary N) is 1. The summed E-state index contributed by atoms with van der Waals surface area (Å²) in [6.45, 7) is 10.7. The first-order valence-electron chi connectivity index (χ1n) is 16.6. The van der Waals surface area contributed by atoms with E-state index in [1.165, 1.54) is 18.5 Å². The number of rotatable bonds is 8. The summed E-state index contributed by atoms with van der Waals surface area (Å²) >= 11 is 0. The molecule has 3 saturated heterocycles. The van der Waals surface area contributed by atoms with E-state index >= 15 is 8.78 Å². The van der Waals surface area contributed by atoms with E-state index in [1.807, 2.05) is 18.2 Å². The number of amides is 1. The molecule has 0 bridgehead atoms. The smallest absolute Gasteiger partial charge is 0.410 e. The van der Waals surface area contributed by atoms with Crippen molar-refractivity contribution in [2.75, 3.05) is 63.3 Å². The molecular formula is C35H42F2N8O5. The topological polar surface area (TPSA) is 138 Å². The standard InChI is InChI=1S/C35H42F2N8O5/c1-22-17-43(25-18-48-19-25)12-13-45(22)27-7-9-30(42-32(27)47-5)41-31-15-26(39-21-40-31)23-6-8-28(24(14-23)16-38)49-29-10-11-44(20-35(29,36)37)33(46)50-34(2,3)4/h6-9,14-15,21-22,25,29H,10-13,17-20H2,1-5H3,(H,39,40,41,42)/t22-,29?/m1/s1. The van der Waals surface area contributed by atoms with Crippen molar-refractivity contribution in [1.82, 2.24) is 24.8 Å². The van der Waals surface area contributed by atoms with E-state index in [1.54, 1.807) is 40.0 Å². The number of methoxy groups -OCH3 is 1. The van der Waals surface area contributed by atoms with Gasteiger partial charge in [0.25, 0.3) is 0 Å². The third kappa shape index (κ3) is 7.81. The number of piperazine rings is 1. The van der Waals surface area contributed by atoms with Crippen LogP contribution >= 0.6 is 0 Å². The van der Waals surface area contributed by atoms with Gasteiger partial charge in [-0.05, 0) is 58.0 Å². The van der Waals surface area contributed by atoms with Gasteiger partial charge in [-0.1, -0.05) is 0 Å². The number of carbonyl (C=O) groups is 1. The lowest BCUT2D eigenvalue weighted by atomic mass is 10.0. The number of nitriles is 1. The van der Waals surface area contributed by atoms with Crippen LogP contribution in [-0.4, -0.2) is 114 Å². The fraction of sp³-hybridized carbons (Fsp3) is 0.514. The van der Waals surface area contributed by atoms with E-state index in [4.69, 9.17) is 23.9 Å². The molecule has 6 rings (SSSR count). The van der Waals surface area contributed by atoms with Gasteiger partial charge in [-0.2, -0.15) is 10.2 Å². The van der Waals surface area contributed by atoms with Crippen molar-refractivity contribution in [3.05, 3.63) is 48.3 Å². The Hall–Kier alpha value is -4.81. The fourth-order valence-corrected chi connectivity index (χ4v) is 6.28. The Kier molecular flexibility index (Phi) is 9.95. The zero-order chi connectivity index (χ0) is 35.6. The number of piperidine rings is 1. The number of pyridine rings is 1. The second-order valence-corrected chi connectivity index (χ2v) is 13.7. The van der Waals surface area contributed by atoms with Crippen LogP contribution < -0.4 is 19.7 Å². The van der Waals surface area contributed by atoms with Crippen LogP contribution in [0.3, 0.4) is 0 Å². The van der Waals surface area contributed by atoms with E-state index in [0.717, 1.165) is 43.4 Å². The third-order valence-electron chi connectivity index (χ3n) is 8.91. The van der Waals surface area contributed by atoms with E-state index in [0.29, 0.717) is 34.8 Å². The van der Waals surface area contributed by atoms with Crippen LogP contribution in [0, 0.1) is 11.3 Å². The molecule has 3 fully saturated rings. The molecule has 1 aromatic carbocycles. The molecule has 0 aliphatic carbocycles. The highest BCUT2D eigenvalue weighted by atomic mass is 19.3. The molecule has 1 unspecified atom stereocenters. The average Bonchev–Trinajstić information content (AvgIpc) is 3.04. The lowest BCUT2D eigenvalue weighted by Crippen LogP contribution is -2.59. The van der Waals surface area contributed by atoms with Gasteiger partial charge in [0.1, 0.15) is 41.1 Å². The van der Waals surface area contributed by atoms with Crippen molar-refractivity contribution in [2.45, 2.75) is 63.8 Å². The summed E-state index contributed by atoms with van der Waals surface area (Å²) in [6, 6.07) is 13.0. The zero-order valence-electron chi connectivity index (χ0n) is 28.9. The van der Waals surface area contributed by atoms with Crippen molar-refractivity contribution in [3.8, 4) is 29.0 Å². The molecule has 2 aromatic heterocycles. The van der Waals surface area contributed by atoms with Gasteiger partial charge in [0.2, 0.25) is 5.88 Å². The summed E-state index contributed by atoms with van der Waals surface area (Å²) < 4.78 is 52.3. The second kappa shape index (κ2) is 14.2. The van der Waals surface area contributed by atoms with E-state index < -0.39 is 30.3 Å². The van der Waals surface area contributed by atoms with Gasteiger partial charge in [-0.15, -0.1) is 0 Å². The maximum Gasteiger partial charge on any atom is 0.410 e. The van der Waals surface area contributed by atoms with E-state index in [2.05, 4.69) is 32.0 Å². The average molecular weight is 693 g/mol. The van der Waals surface area contributed by atoms with Crippen LogP contribution in [0.1, 0.15) is 39.7 Å². The maximum absolute atomic E-state index is 15.1. The predicted octanol–water partition coefficient (Wildman–Crippen LogP) is 5.10. The molecule has 0 spiro atoms. The van der Waals surface area contributed by atoms with Gasteiger partial charge in [0, 0.05) is 50.3 Å². The van der Waals surface area contributed by atoms with Gasteiger partial charge in [0.15, 0.2) is 6.10 Å². The molecule has 0 saturated carbocycles. The van der Waals surface area contributed by atoms with Crippen LogP contribution in [0.2, 0.25) is 0 Å². The third-order valence-corrected chi connectivity index (χ3v) is 8.91. The Balaban J connectivity index is 1.12. The molecular weight excluding hydrogens is 650 g/mol. The van der Waals surface area contributed by atoms with Gasteiger partial charge in [-0.3, -0.25) is 4.90 Å². The van der Waals surface area contributed by atoms with Crippen molar-refractivity contribution in [2.24, 2.45) is 0 Å². The Morgan fingerprint density at radius 2 is 1.90 bits per heavy atom. The second-order valence-electron chi connectivity index (χ2n) is 13.7. The van der Waals surface area contributed by atoms with Crippen LogP contribution in [0.5, 0.6) is 11.6 Å². The van der Waals surface area contributed by atoms with E-state index in [9.17, 15) is 10.1 Å². The van der Waals surface area contributed by atoms with Crippen molar-refractivity contribution < 1.29 is 32.5 Å². The first-order chi connectivity index (χ1) is 23.8. The number of benzene rings is 1. The molecule has 1 amide bonds. The summed E-state index contributed by atoms with van der Waals surface area (Å²) in [5.41, 5.74) is 1.23. The Morgan fingerprint density at radius 3 is 2.56 bits per heavy atom. The lowest BCUT2D eigenvalue weighted by molar-refractivity contribution is -0.137. The summed E-state index contributed by atoms with van der Waals surface area (Å²) in [5, 5.41) is 13.1. The van der Waals surface area contributed by atoms with Crippen LogP contribution in [0.25, 0.3) is 11.3 Å². The molecule has 5 heterocycles. The molecule has 266 valence electrons. The number of carbonyl (C=O) groups excluding carboxylic acids is 1. The molecule has 1 N–H and O–H groups in total. The number of hydrogen-bond acceptors (Lipinski definition) is 12. The highest BCUT2D eigenvalue weighted by molar-refractivity contribution is 5.69. The molecule has 13 nitrogen and oxygen atoms in total. The molecule has 0 radical (unpaired) electrons. The van der Waals surface area contributed by atoms with Gasteiger partial charge in [0.05, 0.1) is 44.2 Å². The number of hydrogen-bond donors (Lipinski definition) is 1.